The zero-order chi connectivity index (χ0) is 17.0. The molecule has 0 radical (unpaired) electrons. The number of phenolic OH excluding ortho intramolecular Hbond substituents is 1. The molecule has 2 unspecified atom stereocenters. The predicted octanol–water partition coefficient (Wildman–Crippen LogP) is 4.13. The number of aromatic hydroxyl groups is 1. The molecule has 1 aromatic heterocycles. The average molecular weight is 333 g/mol. The van der Waals surface area contributed by atoms with Gasteiger partial charge in [0.15, 0.2) is 0 Å². The van der Waals surface area contributed by atoms with Crippen molar-refractivity contribution < 1.29 is 9.52 Å². The SMILES string of the molecule is CN1CCC2(c3cccc(O)c3)Cc3oc4ccccc4c3CC2C1. The lowest BCUT2D eigenvalue weighted by atomic mass is 9.59. The van der Waals surface area contributed by atoms with Crippen LogP contribution in [0.2, 0.25) is 0 Å². The van der Waals surface area contributed by atoms with Crippen molar-refractivity contribution in [2.75, 3.05) is 20.1 Å². The molecule has 0 saturated carbocycles. The molecule has 0 amide bonds. The van der Waals surface area contributed by atoms with Crippen molar-refractivity contribution in [3.8, 4) is 5.75 Å². The molecule has 1 aliphatic carbocycles. The second-order valence-corrected chi connectivity index (χ2v) is 7.80. The number of fused-ring (bicyclic) bond motifs is 4. The molecule has 25 heavy (non-hydrogen) atoms. The van der Waals surface area contributed by atoms with E-state index in [-0.39, 0.29) is 5.41 Å². The van der Waals surface area contributed by atoms with Crippen LogP contribution >= 0.6 is 0 Å². The minimum Gasteiger partial charge on any atom is -0.508 e. The van der Waals surface area contributed by atoms with Crippen LogP contribution in [0.25, 0.3) is 11.0 Å². The van der Waals surface area contributed by atoms with Gasteiger partial charge in [0, 0.05) is 29.3 Å². The molecule has 0 bridgehead atoms. The fourth-order valence-corrected chi connectivity index (χ4v) is 5.08. The molecule has 2 atom stereocenters. The molecule has 1 saturated heterocycles. The van der Waals surface area contributed by atoms with Crippen molar-refractivity contribution in [2.45, 2.75) is 24.7 Å². The van der Waals surface area contributed by atoms with Gasteiger partial charge in [0.05, 0.1) is 0 Å². The molecular formula is C22H23NO2. The Morgan fingerprint density at radius 3 is 2.92 bits per heavy atom. The topological polar surface area (TPSA) is 36.6 Å². The largest absolute Gasteiger partial charge is 0.508 e. The maximum absolute atomic E-state index is 10.1. The third-order valence-electron chi connectivity index (χ3n) is 6.38. The van der Waals surface area contributed by atoms with Crippen LogP contribution in [0.15, 0.2) is 52.9 Å². The predicted molar refractivity (Wildman–Crippen MR) is 99.0 cm³/mol. The molecule has 3 nitrogen and oxygen atoms in total. The highest BCUT2D eigenvalue weighted by molar-refractivity contribution is 5.82. The third kappa shape index (κ3) is 2.22. The number of nitrogens with zero attached hydrogens (tertiary/aromatic N) is 1. The lowest BCUT2D eigenvalue weighted by Crippen LogP contribution is -2.52. The molecule has 0 spiro atoms. The summed E-state index contributed by atoms with van der Waals surface area (Å²) in [6, 6.07) is 16.3. The summed E-state index contributed by atoms with van der Waals surface area (Å²) in [5.74, 6) is 2.05. The molecule has 3 heteroatoms. The Kier molecular flexibility index (Phi) is 3.23. The van der Waals surface area contributed by atoms with Gasteiger partial charge in [0.25, 0.3) is 0 Å². The Bertz CT molecular complexity index is 944. The second-order valence-electron chi connectivity index (χ2n) is 7.80. The van der Waals surface area contributed by atoms with Crippen LogP contribution in [0.1, 0.15) is 23.3 Å². The van der Waals surface area contributed by atoms with E-state index in [1.54, 1.807) is 6.07 Å². The van der Waals surface area contributed by atoms with E-state index in [1.807, 2.05) is 18.2 Å². The zero-order valence-corrected chi connectivity index (χ0v) is 14.5. The van der Waals surface area contributed by atoms with Gasteiger partial charge < -0.3 is 14.4 Å². The minimum atomic E-state index is 0.0616. The monoisotopic (exact) mass is 333 g/mol. The van der Waals surface area contributed by atoms with Gasteiger partial charge in [-0.2, -0.15) is 0 Å². The second kappa shape index (κ2) is 5.37. The molecule has 1 N–H and O–H groups in total. The summed E-state index contributed by atoms with van der Waals surface area (Å²) in [6.07, 6.45) is 3.08. The first kappa shape index (κ1) is 15.0. The van der Waals surface area contributed by atoms with E-state index in [4.69, 9.17) is 4.42 Å². The van der Waals surface area contributed by atoms with Crippen LogP contribution in [0.5, 0.6) is 5.75 Å². The van der Waals surface area contributed by atoms with Gasteiger partial charge in [-0.1, -0.05) is 30.3 Å². The molecule has 5 rings (SSSR count). The number of rotatable bonds is 1. The number of benzene rings is 2. The smallest absolute Gasteiger partial charge is 0.134 e. The highest BCUT2D eigenvalue weighted by Crippen LogP contribution is 2.50. The Hall–Kier alpha value is -2.26. The van der Waals surface area contributed by atoms with Crippen LogP contribution in [-0.4, -0.2) is 30.1 Å². The Morgan fingerprint density at radius 1 is 1.16 bits per heavy atom. The van der Waals surface area contributed by atoms with Crippen LogP contribution in [0.4, 0.5) is 0 Å². The first-order chi connectivity index (χ1) is 12.2. The molecule has 2 heterocycles. The van der Waals surface area contributed by atoms with E-state index in [0.29, 0.717) is 11.7 Å². The molecule has 2 aliphatic rings. The van der Waals surface area contributed by atoms with Crippen LogP contribution < -0.4 is 0 Å². The first-order valence-electron chi connectivity index (χ1n) is 9.13. The maximum Gasteiger partial charge on any atom is 0.134 e. The van der Waals surface area contributed by atoms with Gasteiger partial charge in [-0.15, -0.1) is 0 Å². The highest BCUT2D eigenvalue weighted by atomic mass is 16.3. The quantitative estimate of drug-likeness (QED) is 0.727. The molecule has 128 valence electrons. The van der Waals surface area contributed by atoms with Crippen LogP contribution in [0, 0.1) is 5.92 Å². The Labute approximate surface area is 147 Å². The van der Waals surface area contributed by atoms with Crippen LogP contribution in [-0.2, 0) is 18.3 Å². The van der Waals surface area contributed by atoms with E-state index in [2.05, 4.69) is 36.2 Å². The van der Waals surface area contributed by atoms with E-state index >= 15 is 0 Å². The summed E-state index contributed by atoms with van der Waals surface area (Å²) < 4.78 is 6.27. The van der Waals surface area contributed by atoms with Gasteiger partial charge in [0.2, 0.25) is 0 Å². The van der Waals surface area contributed by atoms with Crippen molar-refractivity contribution in [3.05, 3.63) is 65.4 Å². The third-order valence-corrected chi connectivity index (χ3v) is 6.38. The van der Waals surface area contributed by atoms with Crippen molar-refractivity contribution in [3.63, 3.8) is 0 Å². The zero-order valence-electron chi connectivity index (χ0n) is 14.5. The fraction of sp³-hybridized carbons (Fsp3) is 0.364. The van der Waals surface area contributed by atoms with Gasteiger partial charge in [-0.3, -0.25) is 0 Å². The number of piperidine rings is 1. The standard InChI is InChI=1S/C22H23NO2/c1-23-10-9-22(15-5-4-6-17(24)11-15)13-21-19(12-16(22)14-23)18-7-2-3-8-20(18)25-21/h2-8,11,16,24H,9-10,12-14H2,1H3. The number of para-hydroxylation sites is 1. The van der Waals surface area contributed by atoms with E-state index in [1.165, 1.54) is 16.5 Å². The minimum absolute atomic E-state index is 0.0616. The number of hydrogen-bond donors (Lipinski definition) is 1. The number of furan rings is 1. The maximum atomic E-state index is 10.1. The van der Waals surface area contributed by atoms with Crippen molar-refractivity contribution in [1.82, 2.24) is 4.90 Å². The molecular weight excluding hydrogens is 310 g/mol. The summed E-state index contributed by atoms with van der Waals surface area (Å²) >= 11 is 0. The average Bonchev–Trinajstić information content (AvgIpc) is 2.97. The van der Waals surface area contributed by atoms with Gasteiger partial charge in [-0.25, -0.2) is 0 Å². The Morgan fingerprint density at radius 2 is 2.04 bits per heavy atom. The fourth-order valence-electron chi connectivity index (χ4n) is 5.08. The van der Waals surface area contributed by atoms with Gasteiger partial charge in [0.1, 0.15) is 17.1 Å². The summed E-state index contributed by atoms with van der Waals surface area (Å²) in [7, 11) is 2.22. The summed E-state index contributed by atoms with van der Waals surface area (Å²) in [4.78, 5) is 2.44. The summed E-state index contributed by atoms with van der Waals surface area (Å²) in [5, 5.41) is 11.3. The van der Waals surface area contributed by atoms with Crippen LogP contribution in [0.3, 0.4) is 0 Å². The van der Waals surface area contributed by atoms with E-state index < -0.39 is 0 Å². The first-order valence-corrected chi connectivity index (χ1v) is 9.13. The summed E-state index contributed by atoms with van der Waals surface area (Å²) in [5.41, 5.74) is 3.72. The summed E-state index contributed by atoms with van der Waals surface area (Å²) in [6.45, 7) is 2.18. The lowest BCUT2D eigenvalue weighted by molar-refractivity contribution is 0.0944. The highest BCUT2D eigenvalue weighted by Gasteiger charge is 2.48. The molecule has 1 fully saturated rings. The van der Waals surface area contributed by atoms with Gasteiger partial charge >= 0.3 is 0 Å². The number of hydrogen-bond acceptors (Lipinski definition) is 3. The van der Waals surface area contributed by atoms with E-state index in [9.17, 15) is 5.11 Å². The number of likely N-dealkylation sites (tertiary alicyclic amines) is 1. The van der Waals surface area contributed by atoms with Crippen molar-refractivity contribution >= 4 is 11.0 Å². The molecule has 2 aromatic carbocycles. The van der Waals surface area contributed by atoms with Crippen molar-refractivity contribution in [2.24, 2.45) is 5.92 Å². The van der Waals surface area contributed by atoms with Crippen molar-refractivity contribution in [1.29, 1.82) is 0 Å². The molecule has 3 aromatic rings. The number of phenols is 1. The van der Waals surface area contributed by atoms with Gasteiger partial charge in [-0.05, 0) is 56.1 Å². The van der Waals surface area contributed by atoms with E-state index in [0.717, 1.165) is 43.7 Å². The Balaban J connectivity index is 1.68. The lowest BCUT2D eigenvalue weighted by Gasteiger charge is -2.50. The molecule has 1 aliphatic heterocycles. The normalized spacial score (nSPS) is 26.4.